The zero-order valence-electron chi connectivity index (χ0n) is 13.3. The Labute approximate surface area is 126 Å². The Bertz CT molecular complexity index is 467. The summed E-state index contributed by atoms with van der Waals surface area (Å²) in [5.74, 6) is -0.622. The van der Waals surface area contributed by atoms with Gasteiger partial charge in [0, 0.05) is 13.6 Å². The molecule has 0 spiro atoms. The third kappa shape index (κ3) is 4.70. The van der Waals surface area contributed by atoms with E-state index in [1.54, 1.807) is 44.0 Å². The van der Waals surface area contributed by atoms with Gasteiger partial charge < -0.3 is 15.0 Å². The van der Waals surface area contributed by atoms with Crippen molar-refractivity contribution in [2.45, 2.75) is 32.7 Å². The van der Waals surface area contributed by atoms with Crippen LogP contribution in [-0.2, 0) is 9.53 Å². The molecule has 0 aromatic heterocycles. The largest absolute Gasteiger partial charge is 0.465 e. The molecular formula is C16H25FN2O2. The minimum absolute atomic E-state index is 0.304. The van der Waals surface area contributed by atoms with E-state index in [9.17, 15) is 9.18 Å². The van der Waals surface area contributed by atoms with Crippen LogP contribution in [0, 0.1) is 5.82 Å². The summed E-state index contributed by atoms with van der Waals surface area (Å²) in [5.41, 5.74) is -0.408. The van der Waals surface area contributed by atoms with Gasteiger partial charge in [-0.05, 0) is 38.9 Å². The summed E-state index contributed by atoms with van der Waals surface area (Å²) in [6.45, 7) is 6.94. The van der Waals surface area contributed by atoms with E-state index in [1.807, 2.05) is 6.92 Å². The Kier molecular flexibility index (Phi) is 6.62. The summed E-state index contributed by atoms with van der Waals surface area (Å²) in [6.07, 6.45) is 0.901. The Balaban J connectivity index is 2.90. The van der Waals surface area contributed by atoms with Gasteiger partial charge in [-0.2, -0.15) is 0 Å². The SMILES string of the molecule is CCCNC(C)(CN(C)c1ccccc1F)C(=O)OCC. The van der Waals surface area contributed by atoms with Crippen molar-refractivity contribution in [2.75, 3.05) is 31.6 Å². The number of carbonyl (C=O) groups excluding carboxylic acids is 1. The molecule has 5 heteroatoms. The molecule has 0 aliphatic carbocycles. The molecule has 118 valence electrons. The third-order valence-corrected chi connectivity index (χ3v) is 3.31. The summed E-state index contributed by atoms with van der Waals surface area (Å²) < 4.78 is 19.0. The highest BCUT2D eigenvalue weighted by Crippen LogP contribution is 2.20. The van der Waals surface area contributed by atoms with E-state index in [0.29, 0.717) is 25.4 Å². The molecule has 4 nitrogen and oxygen atoms in total. The molecule has 0 amide bonds. The zero-order chi connectivity index (χ0) is 15.9. The zero-order valence-corrected chi connectivity index (χ0v) is 13.3. The number of para-hydroxylation sites is 1. The first-order valence-corrected chi connectivity index (χ1v) is 7.32. The van der Waals surface area contributed by atoms with E-state index in [1.165, 1.54) is 6.07 Å². The van der Waals surface area contributed by atoms with Gasteiger partial charge in [0.05, 0.1) is 12.3 Å². The highest BCUT2D eigenvalue weighted by atomic mass is 19.1. The normalized spacial score (nSPS) is 13.6. The van der Waals surface area contributed by atoms with Crippen molar-refractivity contribution >= 4 is 11.7 Å². The molecular weight excluding hydrogens is 271 g/mol. The number of hydrogen-bond acceptors (Lipinski definition) is 4. The lowest BCUT2D eigenvalue weighted by atomic mass is 10.0. The molecule has 1 unspecified atom stereocenters. The summed E-state index contributed by atoms with van der Waals surface area (Å²) in [5, 5.41) is 3.21. The fraction of sp³-hybridized carbons (Fsp3) is 0.562. The standard InChI is InChI=1S/C16H25FN2O2/c1-5-11-18-16(3,15(20)21-6-2)12-19(4)14-10-8-7-9-13(14)17/h7-10,18H,5-6,11-12H2,1-4H3. The number of carbonyl (C=O) groups is 1. The molecule has 21 heavy (non-hydrogen) atoms. The molecule has 1 aromatic carbocycles. The molecule has 0 fully saturated rings. The number of nitrogens with one attached hydrogen (secondary N) is 1. The van der Waals surface area contributed by atoms with Crippen LogP contribution in [0.2, 0.25) is 0 Å². The number of nitrogens with zero attached hydrogens (tertiary/aromatic N) is 1. The van der Waals surface area contributed by atoms with Crippen LogP contribution in [0.1, 0.15) is 27.2 Å². The van der Waals surface area contributed by atoms with E-state index in [4.69, 9.17) is 4.74 Å². The van der Waals surface area contributed by atoms with Gasteiger partial charge in [-0.1, -0.05) is 19.1 Å². The van der Waals surface area contributed by atoms with Gasteiger partial charge >= 0.3 is 5.97 Å². The first-order valence-electron chi connectivity index (χ1n) is 7.32. The molecule has 1 atom stereocenters. The number of rotatable bonds is 8. The molecule has 0 radical (unpaired) electrons. The highest BCUT2D eigenvalue weighted by Gasteiger charge is 2.35. The van der Waals surface area contributed by atoms with Gasteiger partial charge in [-0.3, -0.25) is 0 Å². The van der Waals surface area contributed by atoms with Crippen LogP contribution in [-0.4, -0.2) is 38.3 Å². The minimum Gasteiger partial charge on any atom is -0.465 e. The van der Waals surface area contributed by atoms with Gasteiger partial charge in [0.1, 0.15) is 11.4 Å². The monoisotopic (exact) mass is 296 g/mol. The predicted octanol–water partition coefficient (Wildman–Crippen LogP) is 2.58. The van der Waals surface area contributed by atoms with Gasteiger partial charge in [-0.25, -0.2) is 9.18 Å². The minimum atomic E-state index is -0.872. The Morgan fingerprint density at radius 3 is 2.62 bits per heavy atom. The number of anilines is 1. The molecule has 0 heterocycles. The first-order chi connectivity index (χ1) is 9.94. The van der Waals surface area contributed by atoms with E-state index in [-0.39, 0.29) is 11.8 Å². The fourth-order valence-electron chi connectivity index (χ4n) is 2.20. The van der Waals surface area contributed by atoms with Crippen LogP contribution in [0.3, 0.4) is 0 Å². The van der Waals surface area contributed by atoms with Crippen LogP contribution in [0.5, 0.6) is 0 Å². The highest BCUT2D eigenvalue weighted by molar-refractivity contribution is 5.81. The van der Waals surface area contributed by atoms with Crippen molar-refractivity contribution in [3.63, 3.8) is 0 Å². The summed E-state index contributed by atoms with van der Waals surface area (Å²) >= 11 is 0. The summed E-state index contributed by atoms with van der Waals surface area (Å²) in [6, 6.07) is 6.52. The van der Waals surface area contributed by atoms with E-state index < -0.39 is 5.54 Å². The van der Waals surface area contributed by atoms with E-state index >= 15 is 0 Å². The molecule has 0 aliphatic rings. The smallest absolute Gasteiger partial charge is 0.327 e. The molecule has 0 saturated heterocycles. The molecule has 0 bridgehead atoms. The lowest BCUT2D eigenvalue weighted by molar-refractivity contribution is -0.150. The lowest BCUT2D eigenvalue weighted by Crippen LogP contribution is -2.57. The van der Waals surface area contributed by atoms with Gasteiger partial charge in [0.25, 0.3) is 0 Å². The van der Waals surface area contributed by atoms with Crippen molar-refractivity contribution in [2.24, 2.45) is 0 Å². The lowest BCUT2D eigenvalue weighted by Gasteiger charge is -2.33. The second kappa shape index (κ2) is 7.98. The molecule has 1 rings (SSSR count). The number of esters is 1. The van der Waals surface area contributed by atoms with Crippen molar-refractivity contribution in [1.82, 2.24) is 5.32 Å². The topological polar surface area (TPSA) is 41.6 Å². The Hall–Kier alpha value is -1.62. The number of halogens is 1. The second-order valence-electron chi connectivity index (χ2n) is 5.29. The van der Waals surface area contributed by atoms with Crippen LogP contribution < -0.4 is 10.2 Å². The number of likely N-dealkylation sites (N-methyl/N-ethyl adjacent to an activating group) is 1. The maximum atomic E-state index is 13.8. The third-order valence-electron chi connectivity index (χ3n) is 3.31. The average Bonchev–Trinajstić information content (AvgIpc) is 2.45. The van der Waals surface area contributed by atoms with Gasteiger partial charge in [-0.15, -0.1) is 0 Å². The number of benzene rings is 1. The van der Waals surface area contributed by atoms with Gasteiger partial charge in [0.15, 0.2) is 0 Å². The molecule has 0 aliphatic heterocycles. The summed E-state index contributed by atoms with van der Waals surface area (Å²) in [4.78, 5) is 13.9. The molecule has 1 N–H and O–H groups in total. The first kappa shape index (κ1) is 17.4. The maximum Gasteiger partial charge on any atom is 0.327 e. The molecule has 1 aromatic rings. The second-order valence-corrected chi connectivity index (χ2v) is 5.29. The predicted molar refractivity (Wildman–Crippen MR) is 83.0 cm³/mol. The van der Waals surface area contributed by atoms with Gasteiger partial charge in [0.2, 0.25) is 0 Å². The quantitative estimate of drug-likeness (QED) is 0.749. The van der Waals surface area contributed by atoms with Crippen molar-refractivity contribution in [3.05, 3.63) is 30.1 Å². The van der Waals surface area contributed by atoms with Crippen molar-refractivity contribution in [1.29, 1.82) is 0 Å². The van der Waals surface area contributed by atoms with Crippen LogP contribution in [0.4, 0.5) is 10.1 Å². The fourth-order valence-corrected chi connectivity index (χ4v) is 2.20. The van der Waals surface area contributed by atoms with E-state index in [0.717, 1.165) is 6.42 Å². The van der Waals surface area contributed by atoms with Crippen molar-refractivity contribution in [3.8, 4) is 0 Å². The summed E-state index contributed by atoms with van der Waals surface area (Å²) in [7, 11) is 1.77. The molecule has 0 saturated carbocycles. The Morgan fingerprint density at radius 2 is 2.05 bits per heavy atom. The van der Waals surface area contributed by atoms with E-state index in [2.05, 4.69) is 5.32 Å². The number of ether oxygens (including phenoxy) is 1. The number of hydrogen-bond donors (Lipinski definition) is 1. The van der Waals surface area contributed by atoms with Crippen LogP contribution in [0.15, 0.2) is 24.3 Å². The Morgan fingerprint density at radius 1 is 1.38 bits per heavy atom. The maximum absolute atomic E-state index is 13.8. The van der Waals surface area contributed by atoms with Crippen molar-refractivity contribution < 1.29 is 13.9 Å². The van der Waals surface area contributed by atoms with Crippen LogP contribution >= 0.6 is 0 Å². The van der Waals surface area contributed by atoms with Crippen LogP contribution in [0.25, 0.3) is 0 Å². The average molecular weight is 296 g/mol.